The molecule has 0 saturated carbocycles. The quantitative estimate of drug-likeness (QED) is 0.774. The Kier molecular flexibility index (Phi) is 2.41. The number of nitrogen functional groups attached to an aromatic ring is 1. The Morgan fingerprint density at radius 1 is 1.38 bits per heavy atom. The number of amides is 1. The standard InChI is InChI=1S/C13H18N2O/c1-4-7-15-11-6-5-9(14)8-10(11)13(2,3)12(15)16/h5-6,8H,4,7,14H2,1-3H3. The molecule has 1 aliphatic rings. The van der Waals surface area contributed by atoms with Crippen molar-refractivity contribution < 1.29 is 4.79 Å². The van der Waals surface area contributed by atoms with Crippen LogP contribution in [0.25, 0.3) is 0 Å². The molecule has 1 aromatic rings. The van der Waals surface area contributed by atoms with Crippen LogP contribution in [0.15, 0.2) is 18.2 Å². The molecule has 0 aliphatic carbocycles. The van der Waals surface area contributed by atoms with Gasteiger partial charge in [-0.1, -0.05) is 6.92 Å². The monoisotopic (exact) mass is 218 g/mol. The number of nitrogens with two attached hydrogens (primary N) is 1. The highest BCUT2D eigenvalue weighted by Gasteiger charge is 2.43. The fourth-order valence-corrected chi connectivity index (χ4v) is 2.30. The van der Waals surface area contributed by atoms with Crippen LogP contribution in [0.1, 0.15) is 32.8 Å². The van der Waals surface area contributed by atoms with Gasteiger partial charge in [-0.3, -0.25) is 4.79 Å². The van der Waals surface area contributed by atoms with Crippen LogP contribution in [0.2, 0.25) is 0 Å². The summed E-state index contributed by atoms with van der Waals surface area (Å²) in [7, 11) is 0. The number of nitrogens with zero attached hydrogens (tertiary/aromatic N) is 1. The zero-order valence-corrected chi connectivity index (χ0v) is 10.1. The maximum absolute atomic E-state index is 12.3. The molecule has 3 nitrogen and oxygen atoms in total. The van der Waals surface area contributed by atoms with Gasteiger partial charge in [-0.2, -0.15) is 0 Å². The molecule has 86 valence electrons. The summed E-state index contributed by atoms with van der Waals surface area (Å²) < 4.78 is 0. The number of hydrogen-bond acceptors (Lipinski definition) is 2. The van der Waals surface area contributed by atoms with Gasteiger partial charge in [0, 0.05) is 17.9 Å². The molecular weight excluding hydrogens is 200 g/mol. The Bertz CT molecular complexity index is 438. The van der Waals surface area contributed by atoms with Crippen molar-refractivity contribution in [2.24, 2.45) is 0 Å². The van der Waals surface area contributed by atoms with E-state index in [4.69, 9.17) is 5.73 Å². The second-order valence-corrected chi connectivity index (χ2v) is 4.86. The van der Waals surface area contributed by atoms with Crippen molar-refractivity contribution in [1.29, 1.82) is 0 Å². The lowest BCUT2D eigenvalue weighted by molar-refractivity contribution is -0.122. The van der Waals surface area contributed by atoms with Crippen LogP contribution < -0.4 is 10.6 Å². The van der Waals surface area contributed by atoms with Gasteiger partial charge in [-0.25, -0.2) is 0 Å². The summed E-state index contributed by atoms with van der Waals surface area (Å²) >= 11 is 0. The van der Waals surface area contributed by atoms with E-state index in [-0.39, 0.29) is 5.91 Å². The Balaban J connectivity index is 2.55. The van der Waals surface area contributed by atoms with Gasteiger partial charge < -0.3 is 10.6 Å². The van der Waals surface area contributed by atoms with Crippen LogP contribution in [0.3, 0.4) is 0 Å². The van der Waals surface area contributed by atoms with E-state index in [0.29, 0.717) is 0 Å². The Morgan fingerprint density at radius 2 is 2.06 bits per heavy atom. The Hall–Kier alpha value is -1.51. The summed E-state index contributed by atoms with van der Waals surface area (Å²) in [6.07, 6.45) is 0.964. The van der Waals surface area contributed by atoms with E-state index in [9.17, 15) is 4.79 Å². The predicted molar refractivity (Wildman–Crippen MR) is 66.5 cm³/mol. The van der Waals surface area contributed by atoms with Gasteiger partial charge >= 0.3 is 0 Å². The van der Waals surface area contributed by atoms with Gasteiger partial charge in [0.2, 0.25) is 5.91 Å². The minimum Gasteiger partial charge on any atom is -0.399 e. The zero-order chi connectivity index (χ0) is 11.9. The van der Waals surface area contributed by atoms with Crippen molar-refractivity contribution in [3.8, 4) is 0 Å². The van der Waals surface area contributed by atoms with Gasteiger partial charge in [0.05, 0.1) is 5.41 Å². The second-order valence-electron chi connectivity index (χ2n) is 4.86. The number of fused-ring (bicyclic) bond motifs is 1. The normalized spacial score (nSPS) is 17.7. The molecule has 2 N–H and O–H groups in total. The SMILES string of the molecule is CCCN1C(=O)C(C)(C)c2cc(N)ccc21. The number of benzene rings is 1. The van der Waals surface area contributed by atoms with Crippen LogP contribution in [0.4, 0.5) is 11.4 Å². The van der Waals surface area contributed by atoms with Crippen molar-refractivity contribution in [2.75, 3.05) is 17.2 Å². The number of carbonyl (C=O) groups is 1. The Labute approximate surface area is 96.2 Å². The predicted octanol–water partition coefficient (Wildman–Crippen LogP) is 2.30. The summed E-state index contributed by atoms with van der Waals surface area (Å²) in [5.74, 6) is 0.176. The molecule has 1 heterocycles. The molecule has 0 saturated heterocycles. The summed E-state index contributed by atoms with van der Waals surface area (Å²) in [5, 5.41) is 0. The molecule has 16 heavy (non-hydrogen) atoms. The first kappa shape index (κ1) is 11.0. The van der Waals surface area contributed by atoms with Crippen molar-refractivity contribution in [3.63, 3.8) is 0 Å². The van der Waals surface area contributed by atoms with Crippen LogP contribution >= 0.6 is 0 Å². The first-order valence-electron chi connectivity index (χ1n) is 5.70. The Morgan fingerprint density at radius 3 is 2.69 bits per heavy atom. The molecule has 0 aromatic heterocycles. The molecule has 1 amide bonds. The average molecular weight is 218 g/mol. The topological polar surface area (TPSA) is 46.3 Å². The second kappa shape index (κ2) is 3.51. The fourth-order valence-electron chi connectivity index (χ4n) is 2.30. The van der Waals surface area contributed by atoms with E-state index < -0.39 is 5.41 Å². The van der Waals surface area contributed by atoms with E-state index in [0.717, 1.165) is 29.9 Å². The number of carbonyl (C=O) groups excluding carboxylic acids is 1. The number of hydrogen-bond donors (Lipinski definition) is 1. The third-order valence-corrected chi connectivity index (χ3v) is 3.21. The van der Waals surface area contributed by atoms with Crippen LogP contribution in [0, 0.1) is 0 Å². The number of anilines is 2. The summed E-state index contributed by atoms with van der Waals surface area (Å²) in [5.41, 5.74) is 8.13. The highest BCUT2D eigenvalue weighted by Crippen LogP contribution is 2.42. The minimum atomic E-state index is -0.445. The molecule has 0 fully saturated rings. The summed E-state index contributed by atoms with van der Waals surface area (Å²) in [6, 6.07) is 5.73. The van der Waals surface area contributed by atoms with Gasteiger partial charge in [0.15, 0.2) is 0 Å². The van der Waals surface area contributed by atoms with Gasteiger partial charge in [0.1, 0.15) is 0 Å². The van der Waals surface area contributed by atoms with Crippen LogP contribution in [-0.2, 0) is 10.2 Å². The molecule has 3 heteroatoms. The van der Waals surface area contributed by atoms with E-state index in [2.05, 4.69) is 6.92 Å². The fraction of sp³-hybridized carbons (Fsp3) is 0.462. The molecule has 0 atom stereocenters. The van der Waals surface area contributed by atoms with Crippen LogP contribution in [0.5, 0.6) is 0 Å². The lowest BCUT2D eigenvalue weighted by atomic mass is 9.86. The maximum atomic E-state index is 12.3. The van der Waals surface area contributed by atoms with E-state index in [1.807, 2.05) is 36.9 Å². The zero-order valence-electron chi connectivity index (χ0n) is 10.1. The smallest absolute Gasteiger partial charge is 0.237 e. The highest BCUT2D eigenvalue weighted by atomic mass is 16.2. The summed E-state index contributed by atoms with van der Waals surface area (Å²) in [6.45, 7) is 6.78. The molecule has 0 spiro atoms. The highest BCUT2D eigenvalue weighted by molar-refractivity contribution is 6.07. The third-order valence-electron chi connectivity index (χ3n) is 3.21. The molecule has 1 aromatic carbocycles. The van der Waals surface area contributed by atoms with Gasteiger partial charge in [-0.15, -0.1) is 0 Å². The van der Waals surface area contributed by atoms with Gasteiger partial charge in [-0.05, 0) is 44.0 Å². The average Bonchev–Trinajstić information content (AvgIpc) is 2.41. The van der Waals surface area contributed by atoms with Crippen molar-refractivity contribution >= 4 is 17.3 Å². The van der Waals surface area contributed by atoms with Crippen molar-refractivity contribution in [3.05, 3.63) is 23.8 Å². The molecule has 0 radical (unpaired) electrons. The van der Waals surface area contributed by atoms with E-state index in [1.54, 1.807) is 0 Å². The maximum Gasteiger partial charge on any atom is 0.237 e. The van der Waals surface area contributed by atoms with E-state index in [1.165, 1.54) is 0 Å². The van der Waals surface area contributed by atoms with Crippen molar-refractivity contribution in [1.82, 2.24) is 0 Å². The van der Waals surface area contributed by atoms with Crippen molar-refractivity contribution in [2.45, 2.75) is 32.6 Å². The van der Waals surface area contributed by atoms with Crippen LogP contribution in [-0.4, -0.2) is 12.5 Å². The first-order chi connectivity index (χ1) is 7.48. The minimum absolute atomic E-state index is 0.176. The van der Waals surface area contributed by atoms with Gasteiger partial charge in [0.25, 0.3) is 0 Å². The van der Waals surface area contributed by atoms with E-state index >= 15 is 0 Å². The molecule has 2 rings (SSSR count). The molecule has 0 bridgehead atoms. The number of rotatable bonds is 2. The molecular formula is C13H18N2O. The molecule has 1 aliphatic heterocycles. The largest absolute Gasteiger partial charge is 0.399 e. The third kappa shape index (κ3) is 1.39. The lowest BCUT2D eigenvalue weighted by Gasteiger charge is -2.19. The first-order valence-corrected chi connectivity index (χ1v) is 5.70. The molecule has 0 unspecified atom stereocenters. The summed E-state index contributed by atoms with van der Waals surface area (Å²) in [4.78, 5) is 14.1. The lowest BCUT2D eigenvalue weighted by Crippen LogP contribution is -2.36.